The molecule has 2 heterocycles. The van der Waals surface area contributed by atoms with Crippen LogP contribution in [0.4, 0.5) is 0 Å². The molecule has 0 aromatic heterocycles. The molecule has 0 unspecified atom stereocenters. The van der Waals surface area contributed by atoms with Crippen LogP contribution >= 0.6 is 0 Å². The lowest BCUT2D eigenvalue weighted by Gasteiger charge is -2.45. The van der Waals surface area contributed by atoms with Crippen molar-refractivity contribution in [1.82, 2.24) is 5.06 Å². The zero-order valence-electron chi connectivity index (χ0n) is 35.6. The fraction of sp³-hybridized carbons (Fsp3) is 0.510. The van der Waals surface area contributed by atoms with Gasteiger partial charge in [-0.3, -0.25) is 4.99 Å². The third kappa shape index (κ3) is 9.45. The van der Waals surface area contributed by atoms with Gasteiger partial charge in [0.15, 0.2) is 11.1 Å². The number of benzene rings is 3. The van der Waals surface area contributed by atoms with E-state index in [0.717, 1.165) is 67.4 Å². The second kappa shape index (κ2) is 17.6. The molecule has 0 amide bonds. The van der Waals surface area contributed by atoms with Gasteiger partial charge in [-0.05, 0) is 128 Å². The second-order valence-electron chi connectivity index (χ2n) is 17.5. The number of amidine groups is 2. The number of nitroso groups, excluding NO2 is 1. The molecule has 0 spiro atoms. The third-order valence-electron chi connectivity index (χ3n) is 12.3. The maximum atomic E-state index is 13.1. The van der Waals surface area contributed by atoms with Crippen LogP contribution in [0.3, 0.4) is 0 Å². The SMILES string of the molecule is CCCCCCCCCCCCOc1cc(C#Cc2ccc(C3=NC(C)(C)C(C)(C)N3[O-])cc2)c(C)c(C#Cc2ccc(C3=NC(C)(C)C(C)(C)[N+]3=O)cc2)c1. The quantitative estimate of drug-likeness (QED) is 0.0932. The molecule has 0 atom stereocenters. The predicted octanol–water partition coefficient (Wildman–Crippen LogP) is 11.3. The molecule has 7 heteroatoms. The number of nitrogens with zero attached hydrogens (tertiary/aromatic N) is 4. The van der Waals surface area contributed by atoms with Crippen LogP contribution in [-0.2, 0) is 0 Å². The molecular weight excluding hydrogens is 693 g/mol. The minimum Gasteiger partial charge on any atom is -0.757 e. The van der Waals surface area contributed by atoms with Crippen LogP contribution in [0.25, 0.3) is 0 Å². The van der Waals surface area contributed by atoms with Gasteiger partial charge in [-0.25, -0.2) is 0 Å². The molecule has 296 valence electrons. The molecule has 2 aliphatic rings. The number of hydrogen-bond donors (Lipinski definition) is 0. The van der Waals surface area contributed by atoms with E-state index in [2.05, 4.69) is 30.6 Å². The van der Waals surface area contributed by atoms with Gasteiger partial charge < -0.3 is 15.0 Å². The number of ether oxygens (including phenoxy) is 1. The fourth-order valence-corrected chi connectivity index (χ4v) is 6.78. The van der Waals surface area contributed by atoms with E-state index in [-0.39, 0.29) is 0 Å². The smallest absolute Gasteiger partial charge is 0.364 e. The number of hydroxylamine groups is 2. The van der Waals surface area contributed by atoms with Gasteiger partial charge in [-0.2, -0.15) is 0 Å². The van der Waals surface area contributed by atoms with Crippen LogP contribution in [0, 0.1) is 40.7 Å². The lowest BCUT2D eigenvalue weighted by Crippen LogP contribution is -2.50. The maximum absolute atomic E-state index is 13.1. The summed E-state index contributed by atoms with van der Waals surface area (Å²) in [5.74, 6) is 15.1. The van der Waals surface area contributed by atoms with Crippen molar-refractivity contribution >= 4 is 11.7 Å². The van der Waals surface area contributed by atoms with Crippen molar-refractivity contribution in [3.05, 3.63) is 110 Å². The van der Waals surface area contributed by atoms with Crippen molar-refractivity contribution in [3.63, 3.8) is 0 Å². The first-order chi connectivity index (χ1) is 26.5. The normalized spacial score (nSPS) is 17.4. The Kier molecular flexibility index (Phi) is 13.3. The highest BCUT2D eigenvalue weighted by Crippen LogP contribution is 2.39. The Labute approximate surface area is 336 Å². The molecule has 5 rings (SSSR count). The molecule has 0 bridgehead atoms. The van der Waals surface area contributed by atoms with Crippen LogP contribution in [0.5, 0.6) is 5.75 Å². The zero-order chi connectivity index (χ0) is 40.7. The molecule has 0 fully saturated rings. The highest BCUT2D eigenvalue weighted by molar-refractivity contribution is 6.01. The van der Waals surface area contributed by atoms with Gasteiger partial charge in [0.2, 0.25) is 0 Å². The highest BCUT2D eigenvalue weighted by atomic mass is 16.5. The van der Waals surface area contributed by atoms with Gasteiger partial charge in [-0.15, -0.1) is 0 Å². The Bertz CT molecular complexity index is 2060. The fourth-order valence-electron chi connectivity index (χ4n) is 6.78. The van der Waals surface area contributed by atoms with Crippen molar-refractivity contribution in [2.75, 3.05) is 6.61 Å². The predicted molar refractivity (Wildman–Crippen MR) is 232 cm³/mol. The maximum Gasteiger partial charge on any atom is 0.364 e. The molecule has 7 nitrogen and oxygen atoms in total. The lowest BCUT2D eigenvalue weighted by molar-refractivity contribution is -0.514. The van der Waals surface area contributed by atoms with E-state index < -0.39 is 22.2 Å². The standard InChI is InChI=1S/C49H62N4O3/c1-11-12-13-14-15-16-17-18-19-20-33-56-43-34-41(31-25-37-21-27-39(28-22-37)44-50-46(3,4)48(7,8)52(44)54)36(2)42(35-43)32-26-38-23-29-40(30-24-38)45-51-47(5,6)49(9,10)53(45)55/h21-24,27-30,34-35H,11-20,33H2,1-10H3. The average molecular weight is 755 g/mol. The van der Waals surface area contributed by atoms with Gasteiger partial charge >= 0.3 is 5.84 Å². The van der Waals surface area contributed by atoms with Crippen molar-refractivity contribution in [2.45, 2.75) is 156 Å². The molecule has 3 aromatic rings. The Morgan fingerprint density at radius 1 is 0.661 bits per heavy atom. The number of unbranched alkanes of at least 4 members (excludes halogenated alkanes) is 9. The molecule has 0 saturated heterocycles. The van der Waals surface area contributed by atoms with Crippen molar-refractivity contribution in [2.24, 2.45) is 9.98 Å². The summed E-state index contributed by atoms with van der Waals surface area (Å²) < 4.78 is 7.35. The van der Waals surface area contributed by atoms with E-state index >= 15 is 0 Å². The topological polar surface area (TPSA) is 80.3 Å². The number of rotatable bonds is 14. The average Bonchev–Trinajstić information content (AvgIpc) is 3.44. The summed E-state index contributed by atoms with van der Waals surface area (Å²) in [6.07, 6.45) is 12.7. The van der Waals surface area contributed by atoms with E-state index in [9.17, 15) is 10.1 Å². The van der Waals surface area contributed by atoms with E-state index in [1.807, 2.05) is 123 Å². The van der Waals surface area contributed by atoms with E-state index in [4.69, 9.17) is 14.7 Å². The highest BCUT2D eigenvalue weighted by Gasteiger charge is 2.59. The Morgan fingerprint density at radius 3 is 1.59 bits per heavy atom. The molecule has 3 aromatic carbocycles. The van der Waals surface area contributed by atoms with Crippen molar-refractivity contribution in [1.29, 1.82) is 0 Å². The molecule has 2 aliphatic heterocycles. The first-order valence-corrected chi connectivity index (χ1v) is 20.7. The van der Waals surface area contributed by atoms with Gasteiger partial charge in [0.05, 0.1) is 17.7 Å². The van der Waals surface area contributed by atoms with Gasteiger partial charge in [0.1, 0.15) is 11.6 Å². The summed E-state index contributed by atoms with van der Waals surface area (Å²) in [6.45, 7) is 20.6. The first-order valence-electron chi connectivity index (χ1n) is 20.7. The third-order valence-corrected chi connectivity index (χ3v) is 12.3. The van der Waals surface area contributed by atoms with Crippen LogP contribution in [-0.4, -0.2) is 50.3 Å². The van der Waals surface area contributed by atoms with Gasteiger partial charge in [0, 0.05) is 33.4 Å². The Hall–Kier alpha value is -4.72. The minimum absolute atomic E-state index is 0.452. The van der Waals surface area contributed by atoms with Crippen LogP contribution in [0.15, 0.2) is 70.6 Å². The summed E-state index contributed by atoms with van der Waals surface area (Å²) in [6, 6.07) is 19.5. The molecule has 0 aliphatic carbocycles. The second-order valence-corrected chi connectivity index (χ2v) is 17.5. The Morgan fingerprint density at radius 2 is 1.14 bits per heavy atom. The number of aliphatic imine (C=N–C) groups is 2. The van der Waals surface area contributed by atoms with Crippen LogP contribution in [0.2, 0.25) is 0 Å². The molecule has 56 heavy (non-hydrogen) atoms. The Balaban J connectivity index is 1.33. The lowest BCUT2D eigenvalue weighted by atomic mass is 9.84. The van der Waals surface area contributed by atoms with E-state index in [0.29, 0.717) is 18.3 Å². The number of hydrogen-bond acceptors (Lipinski definition) is 6. The monoisotopic (exact) mass is 754 g/mol. The van der Waals surface area contributed by atoms with Crippen molar-refractivity contribution < 1.29 is 9.50 Å². The van der Waals surface area contributed by atoms with Crippen molar-refractivity contribution in [3.8, 4) is 29.4 Å². The summed E-state index contributed by atoms with van der Waals surface area (Å²) in [7, 11) is 0. The van der Waals surface area contributed by atoms with Crippen LogP contribution in [0.1, 0.15) is 165 Å². The van der Waals surface area contributed by atoms with E-state index in [1.54, 1.807) is 0 Å². The molecule has 0 radical (unpaired) electrons. The summed E-state index contributed by atoms with van der Waals surface area (Å²) in [4.78, 5) is 22.6. The van der Waals surface area contributed by atoms with E-state index in [1.165, 1.54) is 51.4 Å². The molecule has 0 N–H and O–H groups in total. The molecule has 0 saturated carbocycles. The zero-order valence-corrected chi connectivity index (χ0v) is 35.6. The summed E-state index contributed by atoms with van der Waals surface area (Å²) in [5, 5.41) is 14.1. The summed E-state index contributed by atoms with van der Waals surface area (Å²) in [5.41, 5.74) is 3.64. The van der Waals surface area contributed by atoms with Crippen LogP contribution < -0.4 is 4.74 Å². The molecular formula is C49H62N4O3. The summed E-state index contributed by atoms with van der Waals surface area (Å²) >= 11 is 0. The largest absolute Gasteiger partial charge is 0.757 e. The van der Waals surface area contributed by atoms with Gasteiger partial charge in [-0.1, -0.05) is 110 Å². The van der Waals surface area contributed by atoms with Gasteiger partial charge in [0.25, 0.3) is 0 Å². The first kappa shape index (κ1) is 42.4. The minimum atomic E-state index is -0.637.